The molecule has 0 aliphatic rings. The highest BCUT2D eigenvalue weighted by atomic mass is 19.1. The van der Waals surface area contributed by atoms with E-state index in [4.69, 9.17) is 4.74 Å². The van der Waals surface area contributed by atoms with Crippen LogP contribution in [0.1, 0.15) is 27.7 Å². The number of rotatable bonds is 2. The summed E-state index contributed by atoms with van der Waals surface area (Å²) in [6.45, 7) is 6.62. The third-order valence-corrected chi connectivity index (χ3v) is 2.11. The smallest absolute Gasteiger partial charge is 0.413 e. The van der Waals surface area contributed by atoms with Gasteiger partial charge in [0.15, 0.2) is 0 Å². The van der Waals surface area contributed by atoms with Crippen LogP contribution in [0.2, 0.25) is 0 Å². The monoisotopic (exact) mass is 297 g/mol. The molecule has 0 unspecified atom stereocenters. The van der Waals surface area contributed by atoms with E-state index in [9.17, 15) is 19.3 Å². The number of ether oxygens (including phenoxy) is 1. The molecule has 0 spiro atoms. The molecule has 0 saturated heterocycles. The number of alkyl carbamates (subject to hydrolysis) is 1. The molecule has 114 valence electrons. The maximum Gasteiger partial charge on any atom is 0.413 e. The second-order valence-corrected chi connectivity index (χ2v) is 5.22. The predicted molar refractivity (Wildman–Crippen MR) is 75.2 cm³/mol. The molecule has 1 amide bonds. The maximum absolute atomic E-state index is 13.2. The molecule has 1 N–H and O–H groups in total. The van der Waals surface area contributed by atoms with Gasteiger partial charge in [-0.25, -0.2) is 9.79 Å². The zero-order valence-electron chi connectivity index (χ0n) is 12.1. The van der Waals surface area contributed by atoms with E-state index in [1.54, 1.807) is 20.8 Å². The molecule has 0 aliphatic heterocycles. The first kappa shape index (κ1) is 16.5. The van der Waals surface area contributed by atoms with Gasteiger partial charge in [0.05, 0.1) is 10.6 Å². The highest BCUT2D eigenvalue weighted by Gasteiger charge is 2.17. The molecule has 0 bridgehead atoms. The largest absolute Gasteiger partial charge is 0.444 e. The summed E-state index contributed by atoms with van der Waals surface area (Å²) in [6, 6.07) is 3.19. The highest BCUT2D eigenvalue weighted by Crippen LogP contribution is 2.23. The van der Waals surface area contributed by atoms with Gasteiger partial charge < -0.3 is 4.74 Å². The van der Waals surface area contributed by atoms with Crippen molar-refractivity contribution in [1.82, 2.24) is 5.32 Å². The lowest BCUT2D eigenvalue weighted by Gasteiger charge is -2.19. The van der Waals surface area contributed by atoms with Crippen molar-refractivity contribution in [3.8, 4) is 0 Å². The zero-order valence-corrected chi connectivity index (χ0v) is 12.1. The van der Waals surface area contributed by atoms with E-state index in [-0.39, 0.29) is 11.5 Å². The molecule has 0 fully saturated rings. The lowest BCUT2D eigenvalue weighted by molar-refractivity contribution is -0.387. The quantitative estimate of drug-likeness (QED) is 0.392. The topological polar surface area (TPSA) is 93.8 Å². The van der Waals surface area contributed by atoms with E-state index in [2.05, 4.69) is 10.3 Å². The molecule has 1 rings (SSSR count). The number of hydrogen-bond acceptors (Lipinski definition) is 5. The van der Waals surface area contributed by atoms with E-state index in [1.807, 2.05) is 0 Å². The van der Waals surface area contributed by atoms with E-state index < -0.39 is 28.1 Å². The number of benzene rings is 1. The minimum atomic E-state index is -0.947. The zero-order chi connectivity index (χ0) is 16.2. The van der Waals surface area contributed by atoms with E-state index in [0.29, 0.717) is 0 Å². The van der Waals surface area contributed by atoms with Gasteiger partial charge in [0.1, 0.15) is 11.4 Å². The van der Waals surface area contributed by atoms with E-state index in [1.165, 1.54) is 13.0 Å². The summed E-state index contributed by atoms with van der Waals surface area (Å²) in [5.74, 6) is -0.776. The molecule has 0 saturated carbocycles. The van der Waals surface area contributed by atoms with Crippen molar-refractivity contribution in [3.63, 3.8) is 0 Å². The first-order valence-electron chi connectivity index (χ1n) is 6.08. The molecule has 8 heteroatoms. The minimum absolute atomic E-state index is 0.150. The van der Waals surface area contributed by atoms with Crippen molar-refractivity contribution >= 4 is 23.3 Å². The van der Waals surface area contributed by atoms with Crippen molar-refractivity contribution in [2.45, 2.75) is 33.3 Å². The third-order valence-electron chi connectivity index (χ3n) is 2.11. The Balaban J connectivity index is 2.85. The van der Waals surface area contributed by atoms with Crippen LogP contribution in [-0.4, -0.2) is 22.5 Å². The minimum Gasteiger partial charge on any atom is -0.444 e. The number of nitro groups is 1. The van der Waals surface area contributed by atoms with Gasteiger partial charge in [-0.1, -0.05) is 0 Å². The molecule has 0 radical (unpaired) electrons. The molecule has 1 aromatic rings. The summed E-state index contributed by atoms with van der Waals surface area (Å²) < 4.78 is 18.2. The molecule has 0 aromatic heterocycles. The Morgan fingerprint density at radius 1 is 1.43 bits per heavy atom. The number of carbonyl (C=O) groups excluding carboxylic acids is 1. The Hall–Kier alpha value is -2.51. The normalized spacial score (nSPS) is 12.0. The molecule has 0 aliphatic carbocycles. The number of halogens is 1. The summed E-state index contributed by atoms with van der Waals surface area (Å²) in [5, 5.41) is 13.0. The van der Waals surface area contributed by atoms with Gasteiger partial charge in [-0.2, -0.15) is 4.39 Å². The number of carbonyl (C=O) groups is 1. The van der Waals surface area contributed by atoms with Gasteiger partial charge in [-0.3, -0.25) is 15.4 Å². The Morgan fingerprint density at radius 3 is 2.57 bits per heavy atom. The molecular formula is C13H16FN3O4. The van der Waals surface area contributed by atoms with Gasteiger partial charge in [-0.05, 0) is 39.8 Å². The van der Waals surface area contributed by atoms with Crippen molar-refractivity contribution < 1.29 is 18.8 Å². The predicted octanol–water partition coefficient (Wildman–Crippen LogP) is 3.31. The molecule has 1 aromatic carbocycles. The van der Waals surface area contributed by atoms with Gasteiger partial charge >= 0.3 is 11.8 Å². The fourth-order valence-corrected chi connectivity index (χ4v) is 1.38. The second kappa shape index (κ2) is 6.29. The van der Waals surface area contributed by atoms with Gasteiger partial charge in [0.2, 0.25) is 5.82 Å². The van der Waals surface area contributed by atoms with Crippen LogP contribution in [0.25, 0.3) is 0 Å². The molecule has 0 atom stereocenters. The number of nitrogens with zero attached hydrogens (tertiary/aromatic N) is 2. The van der Waals surface area contributed by atoms with Crippen molar-refractivity contribution in [2.24, 2.45) is 4.99 Å². The van der Waals surface area contributed by atoms with Crippen LogP contribution in [0, 0.1) is 15.9 Å². The molecule has 7 nitrogen and oxygen atoms in total. The number of nitro benzene ring substituents is 1. The maximum atomic E-state index is 13.2. The molecule has 21 heavy (non-hydrogen) atoms. The number of amides is 1. The Kier molecular flexibility index (Phi) is 4.96. The van der Waals surface area contributed by atoms with Crippen LogP contribution < -0.4 is 5.32 Å². The lowest BCUT2D eigenvalue weighted by Crippen LogP contribution is -2.35. The van der Waals surface area contributed by atoms with Gasteiger partial charge in [0.25, 0.3) is 0 Å². The van der Waals surface area contributed by atoms with Crippen LogP contribution >= 0.6 is 0 Å². The van der Waals surface area contributed by atoms with Crippen LogP contribution in [0.15, 0.2) is 23.2 Å². The van der Waals surface area contributed by atoms with Gasteiger partial charge in [0, 0.05) is 6.07 Å². The molecular weight excluding hydrogens is 281 g/mol. The van der Waals surface area contributed by atoms with Crippen molar-refractivity contribution in [1.29, 1.82) is 0 Å². The average Bonchev–Trinajstić information content (AvgIpc) is 2.28. The fourth-order valence-electron chi connectivity index (χ4n) is 1.38. The SMILES string of the molecule is CC(=Nc1ccc(F)c([N+](=O)[O-])c1)NC(=O)OC(C)(C)C. The van der Waals surface area contributed by atoms with Crippen LogP contribution in [-0.2, 0) is 4.74 Å². The summed E-state index contributed by atoms with van der Waals surface area (Å²) in [7, 11) is 0. The number of amidine groups is 1. The van der Waals surface area contributed by atoms with E-state index in [0.717, 1.165) is 12.1 Å². The fraction of sp³-hybridized carbons (Fsp3) is 0.385. The number of nitrogens with one attached hydrogen (secondary N) is 1. The first-order chi connectivity index (χ1) is 9.58. The Morgan fingerprint density at radius 2 is 2.05 bits per heavy atom. The lowest BCUT2D eigenvalue weighted by atomic mass is 10.2. The Labute approximate surface area is 121 Å². The van der Waals surface area contributed by atoms with E-state index >= 15 is 0 Å². The summed E-state index contributed by atoms with van der Waals surface area (Å²) in [6.07, 6.45) is -0.694. The number of hydrogen-bond donors (Lipinski definition) is 1. The van der Waals surface area contributed by atoms with Crippen LogP contribution in [0.5, 0.6) is 0 Å². The summed E-state index contributed by atoms with van der Waals surface area (Å²) in [4.78, 5) is 25.2. The number of aliphatic imine (C=N–C) groups is 1. The van der Waals surface area contributed by atoms with Crippen molar-refractivity contribution in [2.75, 3.05) is 0 Å². The standard InChI is InChI=1S/C13H16FN3O4/c1-8(16-12(18)21-13(2,3)4)15-9-5-6-10(14)11(7-9)17(19)20/h5-7H,1-4H3,(H,15,16,18). The average molecular weight is 297 g/mol. The van der Waals surface area contributed by atoms with Crippen molar-refractivity contribution in [3.05, 3.63) is 34.1 Å². The second-order valence-electron chi connectivity index (χ2n) is 5.22. The van der Waals surface area contributed by atoms with Gasteiger partial charge in [-0.15, -0.1) is 0 Å². The Bertz CT molecular complexity index is 594. The third kappa shape index (κ3) is 5.55. The first-order valence-corrected chi connectivity index (χ1v) is 6.08. The van der Waals surface area contributed by atoms with Crippen LogP contribution in [0.4, 0.5) is 20.6 Å². The summed E-state index contributed by atoms with van der Waals surface area (Å²) >= 11 is 0. The molecule has 0 heterocycles. The highest BCUT2D eigenvalue weighted by molar-refractivity contribution is 5.95. The summed E-state index contributed by atoms with van der Waals surface area (Å²) in [5.41, 5.74) is -1.18. The van der Waals surface area contributed by atoms with Crippen LogP contribution in [0.3, 0.4) is 0 Å².